The van der Waals surface area contributed by atoms with Crippen molar-refractivity contribution in [1.82, 2.24) is 0 Å². The molecule has 1 aliphatic carbocycles. The Morgan fingerprint density at radius 1 is 1.32 bits per heavy atom. The van der Waals surface area contributed by atoms with E-state index in [-0.39, 0.29) is 22.8 Å². The molecule has 1 spiro atoms. The van der Waals surface area contributed by atoms with Crippen LogP contribution in [-0.2, 0) is 9.53 Å². The lowest BCUT2D eigenvalue weighted by atomic mass is 9.55. The zero-order valence-corrected chi connectivity index (χ0v) is 12.5. The molecule has 1 aliphatic heterocycles. The Morgan fingerprint density at radius 3 is 2.68 bits per heavy atom. The van der Waals surface area contributed by atoms with Crippen molar-refractivity contribution in [1.29, 1.82) is 0 Å². The van der Waals surface area contributed by atoms with Crippen LogP contribution in [-0.4, -0.2) is 18.1 Å². The maximum absolute atomic E-state index is 11.8. The minimum absolute atomic E-state index is 0.0637. The van der Waals surface area contributed by atoms with Crippen LogP contribution in [0.2, 0.25) is 0 Å². The van der Waals surface area contributed by atoms with Gasteiger partial charge in [0.05, 0.1) is 18.1 Å². The summed E-state index contributed by atoms with van der Waals surface area (Å²) >= 11 is 0. The average Bonchev–Trinajstić information content (AvgIpc) is 2.42. The fourth-order valence-corrected chi connectivity index (χ4v) is 4.14. The van der Waals surface area contributed by atoms with Gasteiger partial charge in [-0.15, -0.1) is 0 Å². The lowest BCUT2D eigenvalue weighted by Crippen LogP contribution is -2.68. The summed E-state index contributed by atoms with van der Waals surface area (Å²) in [6, 6.07) is 0. The van der Waals surface area contributed by atoms with Crippen molar-refractivity contribution < 1.29 is 9.53 Å². The average molecular weight is 267 g/mol. The summed E-state index contributed by atoms with van der Waals surface area (Å²) in [6.07, 6.45) is 10.5. The third-order valence-corrected chi connectivity index (χ3v) is 5.45. The number of carbonyl (C=O) groups is 1. The highest BCUT2D eigenvalue weighted by atomic mass is 16.5. The normalized spacial score (nSPS) is 38.1. The highest BCUT2D eigenvalue weighted by molar-refractivity contribution is 5.78. The molecule has 2 aliphatic rings. The van der Waals surface area contributed by atoms with Crippen LogP contribution in [0, 0.1) is 11.3 Å². The monoisotopic (exact) mass is 267 g/mol. The van der Waals surface area contributed by atoms with E-state index in [0.717, 1.165) is 25.9 Å². The molecular weight excluding hydrogens is 238 g/mol. The van der Waals surface area contributed by atoms with Gasteiger partial charge in [0.2, 0.25) is 5.91 Å². The Hall–Kier alpha value is -0.570. The summed E-state index contributed by atoms with van der Waals surface area (Å²) in [5.41, 5.74) is 5.57. The van der Waals surface area contributed by atoms with Gasteiger partial charge in [0.1, 0.15) is 0 Å². The third-order valence-electron chi connectivity index (χ3n) is 5.45. The molecule has 19 heavy (non-hydrogen) atoms. The fraction of sp³-hybridized carbons (Fsp3) is 0.938. The summed E-state index contributed by atoms with van der Waals surface area (Å²) in [6.45, 7) is 5.35. The second-order valence-electron chi connectivity index (χ2n) is 6.75. The standard InChI is InChI=1S/C16H29NO2/c1-3-4-5-7-10-15(2)12-19-16(15)11-8-6-9-13(16)14(17)18/h13H,3-12H2,1-2H3,(H2,17,18). The minimum Gasteiger partial charge on any atom is -0.373 e. The maximum atomic E-state index is 11.8. The van der Waals surface area contributed by atoms with Gasteiger partial charge in [-0.3, -0.25) is 4.79 Å². The lowest BCUT2D eigenvalue weighted by molar-refractivity contribution is -0.294. The number of carbonyl (C=O) groups excluding carboxylic acids is 1. The van der Waals surface area contributed by atoms with E-state index in [0.29, 0.717) is 0 Å². The largest absolute Gasteiger partial charge is 0.373 e. The van der Waals surface area contributed by atoms with E-state index in [9.17, 15) is 4.79 Å². The molecule has 2 N–H and O–H groups in total. The molecule has 1 heterocycles. The van der Waals surface area contributed by atoms with E-state index in [1.807, 2.05) is 0 Å². The molecule has 2 fully saturated rings. The number of primary amides is 1. The van der Waals surface area contributed by atoms with E-state index >= 15 is 0 Å². The highest BCUT2D eigenvalue weighted by Crippen LogP contribution is 2.57. The zero-order chi connectivity index (χ0) is 13.9. The number of rotatable bonds is 6. The molecule has 0 aromatic rings. The van der Waals surface area contributed by atoms with Gasteiger partial charge in [-0.25, -0.2) is 0 Å². The Balaban J connectivity index is 2.02. The predicted octanol–water partition coefficient (Wildman–Crippen LogP) is 3.41. The second kappa shape index (κ2) is 5.82. The Kier molecular flexibility index (Phi) is 4.54. The van der Waals surface area contributed by atoms with Crippen LogP contribution in [0.3, 0.4) is 0 Å². The molecule has 1 amide bonds. The van der Waals surface area contributed by atoms with E-state index in [1.54, 1.807) is 0 Å². The first kappa shape index (κ1) is 14.8. The lowest BCUT2D eigenvalue weighted by Gasteiger charge is -2.62. The van der Waals surface area contributed by atoms with Gasteiger partial charge in [-0.2, -0.15) is 0 Å². The molecule has 0 aromatic heterocycles. The number of hydrogen-bond acceptors (Lipinski definition) is 2. The topological polar surface area (TPSA) is 52.3 Å². The number of unbranched alkanes of at least 4 members (excludes halogenated alkanes) is 3. The van der Waals surface area contributed by atoms with E-state index in [2.05, 4.69) is 13.8 Å². The van der Waals surface area contributed by atoms with Crippen molar-refractivity contribution in [2.24, 2.45) is 17.1 Å². The van der Waals surface area contributed by atoms with Crippen molar-refractivity contribution in [3.8, 4) is 0 Å². The Morgan fingerprint density at radius 2 is 2.11 bits per heavy atom. The summed E-state index contributed by atoms with van der Waals surface area (Å²) in [7, 11) is 0. The summed E-state index contributed by atoms with van der Waals surface area (Å²) in [4.78, 5) is 11.8. The molecule has 3 nitrogen and oxygen atoms in total. The van der Waals surface area contributed by atoms with Gasteiger partial charge in [-0.1, -0.05) is 52.4 Å². The first-order chi connectivity index (χ1) is 9.06. The molecule has 1 saturated heterocycles. The predicted molar refractivity (Wildman–Crippen MR) is 76.7 cm³/mol. The zero-order valence-electron chi connectivity index (χ0n) is 12.5. The smallest absolute Gasteiger partial charge is 0.223 e. The van der Waals surface area contributed by atoms with E-state index < -0.39 is 0 Å². The Bertz CT molecular complexity index is 331. The van der Waals surface area contributed by atoms with E-state index in [4.69, 9.17) is 10.5 Å². The molecule has 3 atom stereocenters. The van der Waals surface area contributed by atoms with Gasteiger partial charge in [-0.05, 0) is 19.3 Å². The number of hydrogen-bond donors (Lipinski definition) is 1. The second-order valence-corrected chi connectivity index (χ2v) is 6.75. The molecule has 0 radical (unpaired) electrons. The SMILES string of the molecule is CCCCCCC1(C)COC12CCCCC2C(N)=O. The van der Waals surface area contributed by atoms with Gasteiger partial charge in [0, 0.05) is 5.41 Å². The highest BCUT2D eigenvalue weighted by Gasteiger charge is 2.62. The molecule has 1 saturated carbocycles. The number of amides is 1. The fourth-order valence-electron chi connectivity index (χ4n) is 4.14. The molecule has 0 aromatic carbocycles. The van der Waals surface area contributed by atoms with Crippen LogP contribution < -0.4 is 5.73 Å². The number of ether oxygens (including phenoxy) is 1. The summed E-state index contributed by atoms with van der Waals surface area (Å²) in [5, 5.41) is 0. The molecule has 0 bridgehead atoms. The molecule has 110 valence electrons. The molecule has 2 rings (SSSR count). The van der Waals surface area contributed by atoms with Gasteiger partial charge >= 0.3 is 0 Å². The van der Waals surface area contributed by atoms with Crippen LogP contribution in [0.5, 0.6) is 0 Å². The van der Waals surface area contributed by atoms with Crippen molar-refractivity contribution in [3.63, 3.8) is 0 Å². The van der Waals surface area contributed by atoms with Gasteiger partial charge in [0.15, 0.2) is 0 Å². The van der Waals surface area contributed by atoms with Crippen molar-refractivity contribution in [2.45, 2.75) is 77.2 Å². The minimum atomic E-state index is -0.233. The van der Waals surface area contributed by atoms with Gasteiger partial charge < -0.3 is 10.5 Å². The first-order valence-electron chi connectivity index (χ1n) is 7.99. The van der Waals surface area contributed by atoms with Crippen molar-refractivity contribution >= 4 is 5.91 Å². The maximum Gasteiger partial charge on any atom is 0.223 e. The van der Waals surface area contributed by atoms with Crippen LogP contribution in [0.4, 0.5) is 0 Å². The first-order valence-corrected chi connectivity index (χ1v) is 7.99. The summed E-state index contributed by atoms with van der Waals surface area (Å²) in [5.74, 6) is -0.217. The van der Waals surface area contributed by atoms with Crippen LogP contribution in [0.1, 0.15) is 71.6 Å². The third kappa shape index (κ3) is 2.54. The van der Waals surface area contributed by atoms with Crippen LogP contribution in [0.25, 0.3) is 0 Å². The Labute approximate surface area is 117 Å². The van der Waals surface area contributed by atoms with E-state index in [1.165, 1.54) is 38.5 Å². The van der Waals surface area contributed by atoms with Crippen molar-refractivity contribution in [2.75, 3.05) is 6.61 Å². The number of nitrogens with two attached hydrogens (primary N) is 1. The van der Waals surface area contributed by atoms with Crippen LogP contribution in [0.15, 0.2) is 0 Å². The quantitative estimate of drug-likeness (QED) is 0.750. The van der Waals surface area contributed by atoms with Crippen molar-refractivity contribution in [3.05, 3.63) is 0 Å². The molecule has 3 unspecified atom stereocenters. The molecule has 3 heteroatoms. The van der Waals surface area contributed by atoms with Crippen LogP contribution >= 0.6 is 0 Å². The van der Waals surface area contributed by atoms with Gasteiger partial charge in [0.25, 0.3) is 0 Å². The molecular formula is C16H29NO2. The summed E-state index contributed by atoms with van der Waals surface area (Å²) < 4.78 is 6.00.